The maximum absolute atomic E-state index is 4.67. The lowest BCUT2D eigenvalue weighted by atomic mass is 9.93. The first-order valence-electron chi connectivity index (χ1n) is 5.96. The van der Waals surface area contributed by atoms with Crippen molar-refractivity contribution in [3.05, 3.63) is 28.3 Å². The Bertz CT molecular complexity index is 472. The van der Waals surface area contributed by atoms with Gasteiger partial charge >= 0.3 is 0 Å². The number of rotatable bonds is 5. The summed E-state index contributed by atoms with van der Waals surface area (Å²) in [5.41, 5.74) is 1.28. The quantitative estimate of drug-likeness (QED) is 0.840. The molecule has 2 rings (SSSR count). The van der Waals surface area contributed by atoms with Crippen LogP contribution in [-0.4, -0.2) is 21.7 Å². The minimum atomic E-state index is 0.124. The molecule has 0 aliphatic rings. The fourth-order valence-corrected chi connectivity index (χ4v) is 2.43. The summed E-state index contributed by atoms with van der Waals surface area (Å²) in [6.45, 7) is 8.14. The maximum atomic E-state index is 4.67. The molecule has 0 radical (unpaired) electrons. The maximum Gasteiger partial charge on any atom is 0.213 e. The SMILES string of the molecule is CC(C)(C)c1csc(CNCCc2ncon2)n1. The van der Waals surface area contributed by atoms with Gasteiger partial charge in [0.25, 0.3) is 0 Å². The summed E-state index contributed by atoms with van der Waals surface area (Å²) in [6, 6.07) is 0. The molecule has 0 saturated carbocycles. The van der Waals surface area contributed by atoms with Crippen LogP contribution in [0.5, 0.6) is 0 Å². The van der Waals surface area contributed by atoms with E-state index >= 15 is 0 Å². The van der Waals surface area contributed by atoms with E-state index in [-0.39, 0.29) is 5.41 Å². The van der Waals surface area contributed by atoms with Crippen LogP contribution < -0.4 is 5.32 Å². The van der Waals surface area contributed by atoms with E-state index in [1.807, 2.05) is 0 Å². The molecule has 0 bridgehead atoms. The molecular weight excluding hydrogens is 248 g/mol. The van der Waals surface area contributed by atoms with Crippen molar-refractivity contribution in [2.75, 3.05) is 6.54 Å². The van der Waals surface area contributed by atoms with E-state index in [9.17, 15) is 0 Å². The van der Waals surface area contributed by atoms with Gasteiger partial charge in [-0.3, -0.25) is 0 Å². The predicted octanol–water partition coefficient (Wildman–Crippen LogP) is 2.16. The molecule has 0 aliphatic heterocycles. The molecule has 0 fully saturated rings. The number of hydrogen-bond acceptors (Lipinski definition) is 6. The van der Waals surface area contributed by atoms with Crippen LogP contribution in [0.3, 0.4) is 0 Å². The van der Waals surface area contributed by atoms with Crippen LogP contribution in [0, 0.1) is 0 Å². The van der Waals surface area contributed by atoms with E-state index in [0.717, 1.165) is 36.0 Å². The Kier molecular flexibility index (Phi) is 4.08. The van der Waals surface area contributed by atoms with Gasteiger partial charge in [0.2, 0.25) is 6.39 Å². The van der Waals surface area contributed by atoms with Gasteiger partial charge in [-0.05, 0) is 0 Å². The lowest BCUT2D eigenvalue weighted by Gasteiger charge is -2.14. The molecule has 0 spiro atoms. The van der Waals surface area contributed by atoms with E-state index < -0.39 is 0 Å². The number of aromatic nitrogens is 3. The van der Waals surface area contributed by atoms with Crippen molar-refractivity contribution >= 4 is 11.3 Å². The molecule has 6 heteroatoms. The first kappa shape index (κ1) is 13.2. The number of nitrogens with one attached hydrogen (secondary N) is 1. The monoisotopic (exact) mass is 266 g/mol. The van der Waals surface area contributed by atoms with Crippen molar-refractivity contribution < 1.29 is 4.52 Å². The molecule has 2 aromatic rings. The van der Waals surface area contributed by atoms with Gasteiger partial charge in [-0.2, -0.15) is 4.98 Å². The van der Waals surface area contributed by atoms with Crippen LogP contribution in [-0.2, 0) is 18.4 Å². The van der Waals surface area contributed by atoms with E-state index in [4.69, 9.17) is 0 Å². The topological polar surface area (TPSA) is 63.8 Å². The van der Waals surface area contributed by atoms with Crippen molar-refractivity contribution in [3.8, 4) is 0 Å². The van der Waals surface area contributed by atoms with E-state index in [1.54, 1.807) is 11.3 Å². The van der Waals surface area contributed by atoms with Gasteiger partial charge in [0.05, 0.1) is 5.69 Å². The van der Waals surface area contributed by atoms with Crippen LogP contribution in [0.25, 0.3) is 0 Å². The highest BCUT2D eigenvalue weighted by Crippen LogP contribution is 2.23. The number of hydrogen-bond donors (Lipinski definition) is 1. The van der Waals surface area contributed by atoms with Crippen LogP contribution >= 0.6 is 11.3 Å². The fraction of sp³-hybridized carbons (Fsp3) is 0.583. The second-order valence-corrected chi connectivity index (χ2v) is 6.09. The Morgan fingerprint density at radius 3 is 2.83 bits per heavy atom. The first-order valence-corrected chi connectivity index (χ1v) is 6.84. The van der Waals surface area contributed by atoms with Gasteiger partial charge in [0, 0.05) is 30.3 Å². The fourth-order valence-electron chi connectivity index (χ4n) is 1.43. The van der Waals surface area contributed by atoms with E-state index in [2.05, 4.69) is 51.1 Å². The summed E-state index contributed by atoms with van der Waals surface area (Å²) in [5, 5.41) is 10.3. The highest BCUT2D eigenvalue weighted by molar-refractivity contribution is 7.09. The molecule has 0 saturated heterocycles. The molecule has 1 N–H and O–H groups in total. The average molecular weight is 266 g/mol. The molecule has 0 amide bonds. The summed E-state index contributed by atoms with van der Waals surface area (Å²) in [6.07, 6.45) is 2.12. The number of thiazole rings is 1. The first-order chi connectivity index (χ1) is 8.55. The summed E-state index contributed by atoms with van der Waals surface area (Å²) in [4.78, 5) is 8.59. The van der Waals surface area contributed by atoms with Crippen molar-refractivity contribution in [3.63, 3.8) is 0 Å². The Morgan fingerprint density at radius 2 is 2.22 bits per heavy atom. The molecule has 0 atom stereocenters. The van der Waals surface area contributed by atoms with Crippen molar-refractivity contribution in [1.82, 2.24) is 20.4 Å². The Balaban J connectivity index is 1.75. The van der Waals surface area contributed by atoms with Crippen molar-refractivity contribution in [2.45, 2.75) is 39.2 Å². The molecule has 2 heterocycles. The van der Waals surface area contributed by atoms with Gasteiger partial charge in [0.1, 0.15) is 5.01 Å². The zero-order valence-electron chi connectivity index (χ0n) is 10.9. The third-order valence-corrected chi connectivity index (χ3v) is 3.38. The average Bonchev–Trinajstić information content (AvgIpc) is 2.95. The minimum absolute atomic E-state index is 0.124. The normalized spacial score (nSPS) is 11.9. The van der Waals surface area contributed by atoms with Crippen LogP contribution in [0.2, 0.25) is 0 Å². The zero-order valence-corrected chi connectivity index (χ0v) is 11.8. The summed E-state index contributed by atoms with van der Waals surface area (Å²) >= 11 is 1.70. The lowest BCUT2D eigenvalue weighted by molar-refractivity contribution is 0.409. The second kappa shape index (κ2) is 5.58. The third-order valence-electron chi connectivity index (χ3n) is 2.53. The standard InChI is InChI=1S/C12H18N4OS/c1-12(2,3)9-7-18-11(15-9)6-13-5-4-10-14-8-17-16-10/h7-8,13H,4-6H2,1-3H3. The van der Waals surface area contributed by atoms with Gasteiger partial charge in [-0.25, -0.2) is 4.98 Å². The lowest BCUT2D eigenvalue weighted by Crippen LogP contribution is -2.17. The largest absolute Gasteiger partial charge is 0.343 e. The van der Waals surface area contributed by atoms with Crippen LogP contribution in [0.4, 0.5) is 0 Å². The van der Waals surface area contributed by atoms with Crippen LogP contribution in [0.15, 0.2) is 16.3 Å². The summed E-state index contributed by atoms with van der Waals surface area (Å²) < 4.78 is 4.67. The molecule has 0 aliphatic carbocycles. The smallest absolute Gasteiger partial charge is 0.213 e. The molecule has 5 nitrogen and oxygen atoms in total. The molecule has 98 valence electrons. The summed E-state index contributed by atoms with van der Waals surface area (Å²) in [5.74, 6) is 0.733. The van der Waals surface area contributed by atoms with Gasteiger partial charge in [0.15, 0.2) is 5.82 Å². The molecule has 18 heavy (non-hydrogen) atoms. The Hall–Kier alpha value is -1.27. The van der Waals surface area contributed by atoms with Gasteiger partial charge in [-0.15, -0.1) is 11.3 Å². The minimum Gasteiger partial charge on any atom is -0.343 e. The zero-order chi connectivity index (χ0) is 13.0. The molecule has 0 aromatic carbocycles. The van der Waals surface area contributed by atoms with E-state index in [1.165, 1.54) is 6.39 Å². The van der Waals surface area contributed by atoms with Gasteiger partial charge in [-0.1, -0.05) is 25.9 Å². The summed E-state index contributed by atoms with van der Waals surface area (Å²) in [7, 11) is 0. The highest BCUT2D eigenvalue weighted by atomic mass is 32.1. The highest BCUT2D eigenvalue weighted by Gasteiger charge is 2.17. The predicted molar refractivity (Wildman–Crippen MR) is 70.5 cm³/mol. The molecule has 2 aromatic heterocycles. The Morgan fingerprint density at radius 1 is 1.39 bits per heavy atom. The van der Waals surface area contributed by atoms with Crippen LogP contribution in [0.1, 0.15) is 37.3 Å². The number of nitrogens with zero attached hydrogens (tertiary/aromatic N) is 3. The van der Waals surface area contributed by atoms with Gasteiger partial charge < -0.3 is 9.84 Å². The molecule has 0 unspecified atom stereocenters. The van der Waals surface area contributed by atoms with E-state index in [0.29, 0.717) is 0 Å². The Labute approximate surface area is 111 Å². The second-order valence-electron chi connectivity index (χ2n) is 5.15. The van der Waals surface area contributed by atoms with Crippen molar-refractivity contribution in [2.24, 2.45) is 0 Å². The van der Waals surface area contributed by atoms with Crippen molar-refractivity contribution in [1.29, 1.82) is 0 Å². The molecular formula is C12H18N4OS. The third kappa shape index (κ3) is 3.61.